The molecule has 0 radical (unpaired) electrons. The number of aryl methyl sites for hydroxylation is 2. The van der Waals surface area contributed by atoms with E-state index in [1.54, 1.807) is 38.2 Å². The Bertz CT molecular complexity index is 928. The van der Waals surface area contributed by atoms with Gasteiger partial charge in [-0.05, 0) is 48.7 Å². The zero-order valence-electron chi connectivity index (χ0n) is 14.3. The van der Waals surface area contributed by atoms with Crippen LogP contribution in [0.2, 0.25) is 0 Å². The molecule has 0 saturated carbocycles. The van der Waals surface area contributed by atoms with Gasteiger partial charge in [0.15, 0.2) is 0 Å². The highest BCUT2D eigenvalue weighted by Crippen LogP contribution is 2.26. The number of pyridine rings is 1. The Morgan fingerprint density at radius 3 is 2.58 bits per heavy atom. The van der Waals surface area contributed by atoms with Crippen LogP contribution in [-0.2, 0) is 11.3 Å². The summed E-state index contributed by atoms with van der Waals surface area (Å²) in [5.74, 6) is -0.196. The fraction of sp³-hybridized carbons (Fsp3) is 0.263. The normalized spacial score (nSPS) is 11.0. The monoisotopic (exact) mass is 325 g/mol. The van der Waals surface area contributed by atoms with E-state index in [0.29, 0.717) is 5.56 Å². The van der Waals surface area contributed by atoms with Gasteiger partial charge in [-0.15, -0.1) is 0 Å². The number of aromatic nitrogens is 2. The molecule has 0 N–H and O–H groups in total. The summed E-state index contributed by atoms with van der Waals surface area (Å²) in [5, 5.41) is 0. The molecule has 0 saturated heterocycles. The number of nitrogens with zero attached hydrogens (tertiary/aromatic N) is 3. The number of carbonyl (C=O) groups is 1. The predicted octanol–water partition coefficient (Wildman–Crippen LogP) is 3.55. The van der Waals surface area contributed by atoms with E-state index >= 15 is 0 Å². The van der Waals surface area contributed by atoms with Gasteiger partial charge in [-0.2, -0.15) is 0 Å². The molecule has 2 aromatic heterocycles. The minimum atomic E-state index is -0.219. The largest absolute Gasteiger partial charge is 0.347 e. The number of amides is 1. The van der Waals surface area contributed by atoms with E-state index in [1.165, 1.54) is 6.07 Å². The molecule has 0 aliphatic heterocycles. The molecule has 3 aromatic rings. The van der Waals surface area contributed by atoms with Crippen LogP contribution in [0, 0.1) is 19.7 Å². The predicted molar refractivity (Wildman–Crippen MR) is 93.3 cm³/mol. The van der Waals surface area contributed by atoms with Gasteiger partial charge < -0.3 is 9.47 Å². The van der Waals surface area contributed by atoms with E-state index in [-0.39, 0.29) is 18.3 Å². The second-order valence-electron chi connectivity index (χ2n) is 6.28. The van der Waals surface area contributed by atoms with E-state index < -0.39 is 0 Å². The first kappa shape index (κ1) is 16.2. The molecule has 5 heteroatoms. The van der Waals surface area contributed by atoms with Gasteiger partial charge in [-0.3, -0.25) is 9.78 Å². The van der Waals surface area contributed by atoms with E-state index in [1.807, 2.05) is 29.8 Å². The van der Waals surface area contributed by atoms with E-state index in [4.69, 9.17) is 0 Å². The number of carbonyl (C=O) groups excluding carboxylic acids is 1. The molecule has 0 unspecified atom stereocenters. The van der Waals surface area contributed by atoms with Crippen LogP contribution in [0.1, 0.15) is 11.1 Å². The van der Waals surface area contributed by atoms with Crippen molar-refractivity contribution in [2.24, 2.45) is 0 Å². The highest BCUT2D eigenvalue weighted by Gasteiger charge is 2.13. The van der Waals surface area contributed by atoms with Crippen molar-refractivity contribution >= 4 is 16.9 Å². The van der Waals surface area contributed by atoms with Gasteiger partial charge in [-0.25, -0.2) is 4.39 Å². The maximum absolute atomic E-state index is 13.5. The first-order chi connectivity index (χ1) is 11.4. The van der Waals surface area contributed by atoms with Crippen LogP contribution < -0.4 is 0 Å². The maximum Gasteiger partial charge on any atom is 0.241 e. The molecular formula is C19H20FN3O. The Kier molecular flexibility index (Phi) is 4.09. The second kappa shape index (κ2) is 6.07. The molecule has 0 atom stereocenters. The number of rotatable bonds is 3. The topological polar surface area (TPSA) is 38.1 Å². The maximum atomic E-state index is 13.5. The molecule has 0 aliphatic rings. The third kappa shape index (κ3) is 2.89. The molecule has 0 aliphatic carbocycles. The van der Waals surface area contributed by atoms with Crippen molar-refractivity contribution in [2.75, 3.05) is 14.1 Å². The smallest absolute Gasteiger partial charge is 0.241 e. The number of likely N-dealkylation sites (N-methyl/N-ethyl adjacent to an activating group) is 1. The lowest BCUT2D eigenvalue weighted by Gasteiger charge is -2.12. The highest BCUT2D eigenvalue weighted by molar-refractivity contribution is 5.86. The first-order valence-electron chi connectivity index (χ1n) is 7.79. The molecule has 0 fully saturated rings. The number of benzene rings is 1. The Balaban J connectivity index is 2.09. The minimum Gasteiger partial charge on any atom is -0.347 e. The molecule has 1 amide bonds. The van der Waals surface area contributed by atoms with Crippen LogP contribution >= 0.6 is 0 Å². The lowest BCUT2D eigenvalue weighted by molar-refractivity contribution is -0.129. The summed E-state index contributed by atoms with van der Waals surface area (Å²) in [7, 11) is 3.48. The van der Waals surface area contributed by atoms with Gasteiger partial charge in [0.2, 0.25) is 5.91 Å². The van der Waals surface area contributed by atoms with E-state index in [0.717, 1.165) is 27.7 Å². The zero-order chi connectivity index (χ0) is 17.4. The Hall–Kier alpha value is -2.69. The van der Waals surface area contributed by atoms with Crippen LogP contribution in [0.15, 0.2) is 36.7 Å². The van der Waals surface area contributed by atoms with Crippen LogP contribution in [0.25, 0.3) is 22.2 Å². The number of halogens is 1. The quantitative estimate of drug-likeness (QED) is 0.738. The van der Waals surface area contributed by atoms with Crippen molar-refractivity contribution in [3.05, 3.63) is 53.6 Å². The summed E-state index contributed by atoms with van der Waals surface area (Å²) in [4.78, 5) is 18.2. The van der Waals surface area contributed by atoms with Gasteiger partial charge in [0, 0.05) is 32.1 Å². The molecule has 1 aromatic carbocycles. The number of hydrogen-bond acceptors (Lipinski definition) is 2. The summed E-state index contributed by atoms with van der Waals surface area (Å²) < 4.78 is 15.4. The van der Waals surface area contributed by atoms with Crippen LogP contribution in [0.4, 0.5) is 4.39 Å². The number of fused-ring (bicyclic) bond motifs is 1. The Labute approximate surface area is 140 Å². The molecule has 0 spiro atoms. The van der Waals surface area contributed by atoms with Crippen LogP contribution in [-0.4, -0.2) is 34.5 Å². The average molecular weight is 325 g/mol. The average Bonchev–Trinajstić information content (AvgIpc) is 2.85. The summed E-state index contributed by atoms with van der Waals surface area (Å²) in [6.45, 7) is 3.99. The van der Waals surface area contributed by atoms with E-state index in [2.05, 4.69) is 4.98 Å². The standard InChI is InChI=1S/C19H20FN3O/c1-12-7-14(5-6-16(12)20)15-8-17-19(21-9-15)13(2)10-23(17)11-18(24)22(3)4/h5-10H,11H2,1-4H3. The molecule has 0 bridgehead atoms. The van der Waals surface area contributed by atoms with Gasteiger partial charge in [0.05, 0.1) is 11.0 Å². The second-order valence-corrected chi connectivity index (χ2v) is 6.28. The fourth-order valence-corrected chi connectivity index (χ4v) is 2.74. The highest BCUT2D eigenvalue weighted by atomic mass is 19.1. The van der Waals surface area contributed by atoms with Crippen molar-refractivity contribution < 1.29 is 9.18 Å². The lowest BCUT2D eigenvalue weighted by Crippen LogP contribution is -2.25. The third-order valence-electron chi connectivity index (χ3n) is 4.20. The van der Waals surface area contributed by atoms with E-state index in [9.17, 15) is 9.18 Å². The van der Waals surface area contributed by atoms with Crippen molar-refractivity contribution in [3.8, 4) is 11.1 Å². The molecule has 2 heterocycles. The SMILES string of the molecule is Cc1cc(-c2cnc3c(C)cn(CC(=O)N(C)C)c3c2)ccc1F. The van der Waals surface area contributed by atoms with Gasteiger partial charge in [0.1, 0.15) is 12.4 Å². The molecule has 124 valence electrons. The summed E-state index contributed by atoms with van der Waals surface area (Å²) >= 11 is 0. The molecule has 3 rings (SSSR count). The minimum absolute atomic E-state index is 0.0231. The fourth-order valence-electron chi connectivity index (χ4n) is 2.74. The van der Waals surface area contributed by atoms with Gasteiger partial charge in [0.25, 0.3) is 0 Å². The molecule has 24 heavy (non-hydrogen) atoms. The van der Waals surface area contributed by atoms with Crippen molar-refractivity contribution in [2.45, 2.75) is 20.4 Å². The van der Waals surface area contributed by atoms with Crippen molar-refractivity contribution in [1.82, 2.24) is 14.5 Å². The molecular weight excluding hydrogens is 305 g/mol. The summed E-state index contributed by atoms with van der Waals surface area (Å²) in [6, 6.07) is 7.03. The van der Waals surface area contributed by atoms with Crippen molar-refractivity contribution in [3.63, 3.8) is 0 Å². The van der Waals surface area contributed by atoms with Gasteiger partial charge in [-0.1, -0.05) is 6.07 Å². The van der Waals surface area contributed by atoms with Gasteiger partial charge >= 0.3 is 0 Å². The zero-order valence-corrected chi connectivity index (χ0v) is 14.3. The van der Waals surface area contributed by atoms with Crippen LogP contribution in [0.3, 0.4) is 0 Å². The summed E-state index contributed by atoms with van der Waals surface area (Å²) in [6.07, 6.45) is 3.73. The van der Waals surface area contributed by atoms with Crippen molar-refractivity contribution in [1.29, 1.82) is 0 Å². The third-order valence-corrected chi connectivity index (χ3v) is 4.20. The molecule has 4 nitrogen and oxygen atoms in total. The first-order valence-corrected chi connectivity index (χ1v) is 7.79. The Morgan fingerprint density at radius 2 is 1.92 bits per heavy atom. The summed E-state index contributed by atoms with van der Waals surface area (Å²) in [5.41, 5.74) is 5.22. The lowest BCUT2D eigenvalue weighted by atomic mass is 10.0. The van der Waals surface area contributed by atoms with Crippen LogP contribution in [0.5, 0.6) is 0 Å². The number of hydrogen-bond donors (Lipinski definition) is 0. The Morgan fingerprint density at radius 1 is 1.17 bits per heavy atom.